The Labute approximate surface area is 121 Å². The minimum Gasteiger partial charge on any atom is -0.371 e. The SMILES string of the molecule is N#Cc1ccc(NCC(=O)N2CCNCC2)c([N+](=O)[O-])c1. The van der Waals surface area contributed by atoms with E-state index in [0.717, 1.165) is 13.1 Å². The molecule has 0 radical (unpaired) electrons. The second kappa shape index (κ2) is 6.67. The molecule has 1 aliphatic heterocycles. The van der Waals surface area contributed by atoms with Crippen molar-refractivity contribution in [2.45, 2.75) is 0 Å². The molecule has 8 nitrogen and oxygen atoms in total. The number of anilines is 1. The summed E-state index contributed by atoms with van der Waals surface area (Å²) in [5.41, 5.74) is 0.241. The summed E-state index contributed by atoms with van der Waals surface area (Å²) < 4.78 is 0. The number of nitrogens with one attached hydrogen (secondary N) is 2. The van der Waals surface area contributed by atoms with Crippen LogP contribution in [0.1, 0.15) is 5.56 Å². The summed E-state index contributed by atoms with van der Waals surface area (Å²) in [6.45, 7) is 2.77. The summed E-state index contributed by atoms with van der Waals surface area (Å²) in [4.78, 5) is 24.1. The van der Waals surface area contributed by atoms with Crippen LogP contribution in [0.4, 0.5) is 11.4 Å². The topological polar surface area (TPSA) is 111 Å². The van der Waals surface area contributed by atoms with E-state index in [1.807, 2.05) is 6.07 Å². The molecule has 1 heterocycles. The smallest absolute Gasteiger partial charge is 0.293 e. The van der Waals surface area contributed by atoms with Crippen LogP contribution < -0.4 is 10.6 Å². The molecule has 1 aromatic carbocycles. The van der Waals surface area contributed by atoms with E-state index in [-0.39, 0.29) is 29.4 Å². The van der Waals surface area contributed by atoms with Gasteiger partial charge >= 0.3 is 0 Å². The lowest BCUT2D eigenvalue weighted by atomic mass is 10.2. The fourth-order valence-corrected chi connectivity index (χ4v) is 2.10. The first kappa shape index (κ1) is 14.7. The Hall–Kier alpha value is -2.66. The molecule has 0 aromatic heterocycles. The molecule has 1 aliphatic rings. The molecule has 0 saturated carbocycles. The molecule has 8 heteroatoms. The molecule has 110 valence electrons. The van der Waals surface area contributed by atoms with Crippen molar-refractivity contribution in [2.24, 2.45) is 0 Å². The zero-order chi connectivity index (χ0) is 15.2. The van der Waals surface area contributed by atoms with Crippen molar-refractivity contribution in [2.75, 3.05) is 38.0 Å². The summed E-state index contributed by atoms with van der Waals surface area (Å²) in [6.07, 6.45) is 0. The molecule has 0 atom stereocenters. The minimum atomic E-state index is -0.571. The average Bonchev–Trinajstić information content (AvgIpc) is 2.53. The number of nitro benzene ring substituents is 1. The summed E-state index contributed by atoms with van der Waals surface area (Å²) >= 11 is 0. The van der Waals surface area contributed by atoms with E-state index in [9.17, 15) is 14.9 Å². The Bertz CT molecular complexity index is 590. The molecule has 0 aliphatic carbocycles. The molecule has 2 N–H and O–H groups in total. The Kier molecular flexibility index (Phi) is 4.68. The van der Waals surface area contributed by atoms with Crippen LogP contribution in [0, 0.1) is 21.4 Å². The second-order valence-electron chi connectivity index (χ2n) is 4.59. The molecule has 1 amide bonds. The molecule has 0 unspecified atom stereocenters. The van der Waals surface area contributed by atoms with Gasteiger partial charge in [0.05, 0.1) is 23.1 Å². The Balaban J connectivity index is 2.04. The fraction of sp³-hybridized carbons (Fsp3) is 0.385. The van der Waals surface area contributed by atoms with Gasteiger partial charge < -0.3 is 15.5 Å². The van der Waals surface area contributed by atoms with Gasteiger partial charge in [-0.25, -0.2) is 0 Å². The van der Waals surface area contributed by atoms with Gasteiger partial charge in [-0.2, -0.15) is 5.26 Å². The van der Waals surface area contributed by atoms with Crippen molar-refractivity contribution in [1.29, 1.82) is 5.26 Å². The lowest BCUT2D eigenvalue weighted by Crippen LogP contribution is -2.48. The van der Waals surface area contributed by atoms with E-state index in [4.69, 9.17) is 5.26 Å². The minimum absolute atomic E-state index is 0.00720. The summed E-state index contributed by atoms with van der Waals surface area (Å²) in [7, 11) is 0. The van der Waals surface area contributed by atoms with Crippen molar-refractivity contribution in [3.8, 4) is 6.07 Å². The number of nitriles is 1. The number of carbonyl (C=O) groups excluding carboxylic acids is 1. The number of benzene rings is 1. The van der Waals surface area contributed by atoms with Crippen LogP contribution in [0.3, 0.4) is 0 Å². The first-order chi connectivity index (χ1) is 10.1. The van der Waals surface area contributed by atoms with Gasteiger partial charge in [-0.15, -0.1) is 0 Å². The predicted octanol–water partition coefficient (Wildman–Crippen LogP) is 0.310. The van der Waals surface area contributed by atoms with Crippen LogP contribution in [-0.4, -0.2) is 48.5 Å². The van der Waals surface area contributed by atoms with E-state index >= 15 is 0 Å². The number of hydrogen-bond donors (Lipinski definition) is 2. The monoisotopic (exact) mass is 289 g/mol. The highest BCUT2D eigenvalue weighted by molar-refractivity contribution is 5.82. The molecule has 1 saturated heterocycles. The number of hydrogen-bond acceptors (Lipinski definition) is 6. The van der Waals surface area contributed by atoms with Gasteiger partial charge in [0.15, 0.2) is 0 Å². The van der Waals surface area contributed by atoms with Crippen molar-refractivity contribution in [3.63, 3.8) is 0 Å². The Morgan fingerprint density at radius 1 is 1.48 bits per heavy atom. The van der Waals surface area contributed by atoms with Gasteiger partial charge in [-0.3, -0.25) is 14.9 Å². The highest BCUT2D eigenvalue weighted by Gasteiger charge is 2.18. The van der Waals surface area contributed by atoms with Crippen LogP contribution >= 0.6 is 0 Å². The van der Waals surface area contributed by atoms with E-state index in [0.29, 0.717) is 13.1 Å². The molecule has 0 spiro atoms. The first-order valence-electron chi connectivity index (χ1n) is 6.52. The number of nitrogens with zero attached hydrogens (tertiary/aromatic N) is 3. The summed E-state index contributed by atoms with van der Waals surface area (Å²) in [5, 5.41) is 25.7. The second-order valence-corrected chi connectivity index (χ2v) is 4.59. The van der Waals surface area contributed by atoms with E-state index in [2.05, 4.69) is 10.6 Å². The van der Waals surface area contributed by atoms with E-state index in [1.165, 1.54) is 18.2 Å². The number of amides is 1. The molecule has 21 heavy (non-hydrogen) atoms. The van der Waals surface area contributed by atoms with Crippen molar-refractivity contribution >= 4 is 17.3 Å². The van der Waals surface area contributed by atoms with Crippen LogP contribution in [0.15, 0.2) is 18.2 Å². The third-order valence-corrected chi connectivity index (χ3v) is 3.22. The standard InChI is InChI=1S/C13H15N5O3/c14-8-10-1-2-11(12(7-10)18(20)21)16-9-13(19)17-5-3-15-4-6-17/h1-2,7,15-16H,3-6,9H2. The van der Waals surface area contributed by atoms with Crippen LogP contribution in [-0.2, 0) is 4.79 Å². The van der Waals surface area contributed by atoms with E-state index < -0.39 is 4.92 Å². The van der Waals surface area contributed by atoms with Gasteiger partial charge in [-0.1, -0.05) is 0 Å². The normalized spacial score (nSPS) is 14.3. The lowest BCUT2D eigenvalue weighted by Gasteiger charge is -2.27. The zero-order valence-corrected chi connectivity index (χ0v) is 11.3. The highest BCUT2D eigenvalue weighted by atomic mass is 16.6. The third kappa shape index (κ3) is 3.67. The Morgan fingerprint density at radius 3 is 2.81 bits per heavy atom. The van der Waals surface area contributed by atoms with Gasteiger partial charge in [0.25, 0.3) is 5.69 Å². The highest BCUT2D eigenvalue weighted by Crippen LogP contribution is 2.25. The van der Waals surface area contributed by atoms with Crippen LogP contribution in [0.5, 0.6) is 0 Å². The molecular formula is C13H15N5O3. The van der Waals surface area contributed by atoms with Gasteiger partial charge in [-0.05, 0) is 12.1 Å². The van der Waals surface area contributed by atoms with E-state index in [1.54, 1.807) is 4.90 Å². The summed E-state index contributed by atoms with van der Waals surface area (Å²) in [6, 6.07) is 5.97. The largest absolute Gasteiger partial charge is 0.371 e. The molecule has 0 bridgehead atoms. The number of carbonyl (C=O) groups is 1. The maximum atomic E-state index is 12.0. The quantitative estimate of drug-likeness (QED) is 0.609. The number of rotatable bonds is 4. The molecule has 2 rings (SSSR count). The number of piperazine rings is 1. The van der Waals surface area contributed by atoms with Crippen LogP contribution in [0.25, 0.3) is 0 Å². The molecule has 1 aromatic rings. The van der Waals surface area contributed by atoms with Crippen LogP contribution in [0.2, 0.25) is 0 Å². The van der Waals surface area contributed by atoms with Crippen molar-refractivity contribution in [1.82, 2.24) is 10.2 Å². The Morgan fingerprint density at radius 2 is 2.19 bits per heavy atom. The predicted molar refractivity (Wildman–Crippen MR) is 75.8 cm³/mol. The number of nitro groups is 1. The third-order valence-electron chi connectivity index (χ3n) is 3.22. The van der Waals surface area contributed by atoms with Crippen molar-refractivity contribution < 1.29 is 9.72 Å². The lowest BCUT2D eigenvalue weighted by molar-refractivity contribution is -0.384. The average molecular weight is 289 g/mol. The van der Waals surface area contributed by atoms with Gasteiger partial charge in [0, 0.05) is 32.2 Å². The first-order valence-corrected chi connectivity index (χ1v) is 6.52. The van der Waals surface area contributed by atoms with Gasteiger partial charge in [0.1, 0.15) is 5.69 Å². The maximum Gasteiger partial charge on any atom is 0.293 e. The molecular weight excluding hydrogens is 274 g/mol. The zero-order valence-electron chi connectivity index (χ0n) is 11.3. The molecule has 1 fully saturated rings. The maximum absolute atomic E-state index is 12.0. The van der Waals surface area contributed by atoms with Crippen molar-refractivity contribution in [3.05, 3.63) is 33.9 Å². The fourth-order valence-electron chi connectivity index (χ4n) is 2.10. The summed E-state index contributed by atoms with van der Waals surface area (Å²) in [5.74, 6) is -0.102. The van der Waals surface area contributed by atoms with Gasteiger partial charge in [0.2, 0.25) is 5.91 Å².